The van der Waals surface area contributed by atoms with Crippen LogP contribution in [-0.2, 0) is 4.74 Å². The normalized spacial score (nSPS) is 37.6. The van der Waals surface area contributed by atoms with E-state index in [0.29, 0.717) is 11.5 Å². The summed E-state index contributed by atoms with van der Waals surface area (Å²) in [6, 6.07) is 0.799. The number of ether oxygens (including phenoxy) is 1. The molecule has 3 aliphatic rings. The predicted molar refractivity (Wildman–Crippen MR) is 88.5 cm³/mol. The Morgan fingerprint density at radius 2 is 1.71 bits per heavy atom. The van der Waals surface area contributed by atoms with Gasteiger partial charge in [0.1, 0.15) is 0 Å². The maximum atomic E-state index is 6.80. The van der Waals surface area contributed by atoms with Gasteiger partial charge in [0.25, 0.3) is 0 Å². The van der Waals surface area contributed by atoms with Crippen molar-refractivity contribution in [3.05, 3.63) is 0 Å². The Labute approximate surface area is 131 Å². The first kappa shape index (κ1) is 15.8. The van der Waals surface area contributed by atoms with Crippen LogP contribution in [0, 0.1) is 11.3 Å². The predicted octanol–water partition coefficient (Wildman–Crippen LogP) is 4.67. The molecule has 2 heteroatoms. The van der Waals surface area contributed by atoms with Crippen molar-refractivity contribution in [2.24, 2.45) is 11.3 Å². The lowest BCUT2D eigenvalue weighted by Gasteiger charge is -2.45. The van der Waals surface area contributed by atoms with Crippen LogP contribution in [0.25, 0.3) is 0 Å². The van der Waals surface area contributed by atoms with E-state index in [1.807, 2.05) is 0 Å². The molecule has 0 aromatic heterocycles. The van der Waals surface area contributed by atoms with Crippen LogP contribution in [0.5, 0.6) is 0 Å². The summed E-state index contributed by atoms with van der Waals surface area (Å²) in [7, 11) is 0. The van der Waals surface area contributed by atoms with Crippen LogP contribution in [0.3, 0.4) is 0 Å². The third-order valence-electron chi connectivity index (χ3n) is 6.04. The van der Waals surface area contributed by atoms with Gasteiger partial charge < -0.3 is 10.1 Å². The number of hydrogen-bond donors (Lipinski definition) is 1. The van der Waals surface area contributed by atoms with Crippen LogP contribution < -0.4 is 5.32 Å². The van der Waals surface area contributed by atoms with Crippen LogP contribution in [0.1, 0.15) is 85.0 Å². The molecular weight excluding hydrogens is 258 g/mol. The molecule has 0 amide bonds. The van der Waals surface area contributed by atoms with Crippen molar-refractivity contribution >= 4 is 0 Å². The summed E-state index contributed by atoms with van der Waals surface area (Å²) in [5, 5.41) is 3.77. The zero-order valence-electron chi connectivity index (χ0n) is 14.4. The average Bonchev–Trinajstić information content (AvgIpc) is 3.24. The van der Waals surface area contributed by atoms with Gasteiger partial charge in [0.2, 0.25) is 0 Å². The van der Waals surface area contributed by atoms with Gasteiger partial charge in [-0.2, -0.15) is 0 Å². The molecule has 3 rings (SSSR count). The van der Waals surface area contributed by atoms with Crippen LogP contribution in [-0.4, -0.2) is 24.3 Å². The summed E-state index contributed by atoms with van der Waals surface area (Å²) < 4.78 is 6.80. The van der Waals surface area contributed by atoms with Crippen molar-refractivity contribution in [3.63, 3.8) is 0 Å². The molecule has 0 bridgehead atoms. The molecule has 0 aromatic rings. The van der Waals surface area contributed by atoms with Gasteiger partial charge in [-0.25, -0.2) is 0 Å². The number of rotatable bonds is 5. The Hall–Kier alpha value is -0.0800. The van der Waals surface area contributed by atoms with Gasteiger partial charge >= 0.3 is 0 Å². The second kappa shape index (κ2) is 6.20. The Balaban J connectivity index is 1.58. The summed E-state index contributed by atoms with van der Waals surface area (Å²) in [6.45, 7) is 8.34. The second-order valence-corrected chi connectivity index (χ2v) is 9.02. The minimum atomic E-state index is 0.145. The van der Waals surface area contributed by atoms with Gasteiger partial charge in [-0.15, -0.1) is 0 Å². The zero-order chi connectivity index (χ0) is 14.9. The molecule has 3 aliphatic carbocycles. The van der Waals surface area contributed by atoms with E-state index in [0.717, 1.165) is 18.5 Å². The van der Waals surface area contributed by atoms with Gasteiger partial charge in [-0.05, 0) is 62.7 Å². The highest BCUT2D eigenvalue weighted by molar-refractivity contribution is 4.94. The molecule has 0 aromatic carbocycles. The monoisotopic (exact) mass is 293 g/mol. The molecule has 0 saturated heterocycles. The van der Waals surface area contributed by atoms with Crippen LogP contribution in [0.4, 0.5) is 0 Å². The highest BCUT2D eigenvalue weighted by atomic mass is 16.5. The summed E-state index contributed by atoms with van der Waals surface area (Å²) in [5.41, 5.74) is 0.686. The molecule has 2 nitrogen and oxygen atoms in total. The molecule has 0 heterocycles. The van der Waals surface area contributed by atoms with Crippen LogP contribution in [0.2, 0.25) is 0 Å². The molecule has 0 spiro atoms. The minimum absolute atomic E-state index is 0.145. The number of hydrogen-bond acceptors (Lipinski definition) is 2. The molecule has 1 N–H and O–H groups in total. The van der Waals surface area contributed by atoms with E-state index in [2.05, 4.69) is 26.1 Å². The first-order valence-electron chi connectivity index (χ1n) is 9.38. The highest BCUT2D eigenvalue weighted by Crippen LogP contribution is 2.41. The second-order valence-electron chi connectivity index (χ2n) is 9.02. The smallest absolute Gasteiger partial charge is 0.0812 e. The van der Waals surface area contributed by atoms with Gasteiger partial charge in [-0.3, -0.25) is 0 Å². The molecule has 2 unspecified atom stereocenters. The fourth-order valence-electron chi connectivity index (χ4n) is 4.38. The largest absolute Gasteiger partial charge is 0.370 e. The lowest BCUT2D eigenvalue weighted by molar-refractivity contribution is -0.136. The van der Waals surface area contributed by atoms with Crippen LogP contribution >= 0.6 is 0 Å². The van der Waals surface area contributed by atoms with E-state index in [1.165, 1.54) is 64.2 Å². The van der Waals surface area contributed by atoms with E-state index in [4.69, 9.17) is 4.74 Å². The van der Waals surface area contributed by atoms with E-state index in [-0.39, 0.29) is 5.60 Å². The standard InChI is InChI=1S/C19H35NO/c1-15-5-4-10-19(13-15,14-20-16-6-7-16)21-17-8-11-18(2,3)12-9-17/h15-17,20H,4-14H2,1-3H3. The van der Waals surface area contributed by atoms with Gasteiger partial charge in [-0.1, -0.05) is 33.6 Å². The highest BCUT2D eigenvalue weighted by Gasteiger charge is 2.40. The molecule has 0 aliphatic heterocycles. The van der Waals surface area contributed by atoms with Gasteiger partial charge in [0, 0.05) is 12.6 Å². The molecule has 0 radical (unpaired) electrons. The summed E-state index contributed by atoms with van der Waals surface area (Å²) >= 11 is 0. The maximum Gasteiger partial charge on any atom is 0.0812 e. The van der Waals surface area contributed by atoms with E-state index in [9.17, 15) is 0 Å². The minimum Gasteiger partial charge on any atom is -0.370 e. The average molecular weight is 293 g/mol. The van der Waals surface area contributed by atoms with Crippen molar-refractivity contribution in [3.8, 4) is 0 Å². The fraction of sp³-hybridized carbons (Fsp3) is 1.00. The van der Waals surface area contributed by atoms with Crippen molar-refractivity contribution < 1.29 is 4.74 Å². The number of nitrogens with one attached hydrogen (secondary N) is 1. The summed E-state index contributed by atoms with van der Waals surface area (Å²) in [6.07, 6.45) is 13.8. The Kier molecular flexibility index (Phi) is 4.66. The summed E-state index contributed by atoms with van der Waals surface area (Å²) in [5.74, 6) is 0.833. The zero-order valence-corrected chi connectivity index (χ0v) is 14.4. The molecule has 3 fully saturated rings. The quantitative estimate of drug-likeness (QED) is 0.795. The first-order chi connectivity index (χ1) is 9.96. The molecule has 2 atom stereocenters. The van der Waals surface area contributed by atoms with Crippen molar-refractivity contribution in [1.29, 1.82) is 0 Å². The first-order valence-corrected chi connectivity index (χ1v) is 9.38. The summed E-state index contributed by atoms with van der Waals surface area (Å²) in [4.78, 5) is 0. The van der Waals surface area contributed by atoms with E-state index in [1.54, 1.807) is 0 Å². The Bertz CT molecular complexity index is 339. The lowest BCUT2D eigenvalue weighted by atomic mass is 9.75. The Morgan fingerprint density at radius 1 is 1.00 bits per heavy atom. The lowest BCUT2D eigenvalue weighted by Crippen LogP contribution is -2.49. The molecule has 3 saturated carbocycles. The van der Waals surface area contributed by atoms with Crippen molar-refractivity contribution in [2.75, 3.05) is 6.54 Å². The Morgan fingerprint density at radius 3 is 2.33 bits per heavy atom. The van der Waals surface area contributed by atoms with Crippen molar-refractivity contribution in [1.82, 2.24) is 5.32 Å². The fourth-order valence-corrected chi connectivity index (χ4v) is 4.38. The molecular formula is C19H35NO. The molecule has 122 valence electrons. The third kappa shape index (κ3) is 4.45. The van der Waals surface area contributed by atoms with Gasteiger partial charge in [0.15, 0.2) is 0 Å². The SMILES string of the molecule is CC1CCCC(CNC2CC2)(OC2CCC(C)(C)CC2)C1. The topological polar surface area (TPSA) is 21.3 Å². The van der Waals surface area contributed by atoms with E-state index >= 15 is 0 Å². The van der Waals surface area contributed by atoms with Crippen LogP contribution in [0.15, 0.2) is 0 Å². The third-order valence-corrected chi connectivity index (χ3v) is 6.04. The van der Waals surface area contributed by atoms with Gasteiger partial charge in [0.05, 0.1) is 11.7 Å². The molecule has 21 heavy (non-hydrogen) atoms. The van der Waals surface area contributed by atoms with E-state index < -0.39 is 0 Å². The van der Waals surface area contributed by atoms with Crippen molar-refractivity contribution in [2.45, 2.75) is 103 Å². The maximum absolute atomic E-state index is 6.80.